The lowest BCUT2D eigenvalue weighted by atomic mass is 10.1. The summed E-state index contributed by atoms with van der Waals surface area (Å²) in [6.45, 7) is 1.73. The van der Waals surface area contributed by atoms with Gasteiger partial charge < -0.3 is 15.1 Å². The van der Waals surface area contributed by atoms with Gasteiger partial charge in [0.2, 0.25) is 0 Å². The van der Waals surface area contributed by atoms with Crippen molar-refractivity contribution in [2.45, 2.75) is 12.6 Å². The number of hydrogen-bond donors (Lipinski definition) is 1. The topological polar surface area (TPSA) is 78.4 Å². The van der Waals surface area contributed by atoms with Crippen molar-refractivity contribution >= 4 is 17.6 Å². The van der Waals surface area contributed by atoms with Gasteiger partial charge in [0.15, 0.2) is 0 Å². The highest BCUT2D eigenvalue weighted by molar-refractivity contribution is 5.96. The molecular weight excluding hydrogens is 459 g/mol. The monoisotopic (exact) mass is 483 g/mol. The van der Waals surface area contributed by atoms with E-state index in [4.69, 9.17) is 0 Å². The number of anilines is 1. The summed E-state index contributed by atoms with van der Waals surface area (Å²) < 4.78 is 39.8. The Kier molecular flexibility index (Phi) is 7.28. The number of piperazine rings is 1. The Labute approximate surface area is 200 Å². The van der Waals surface area contributed by atoms with E-state index in [1.165, 1.54) is 35.5 Å². The van der Waals surface area contributed by atoms with Gasteiger partial charge >= 0.3 is 6.18 Å². The summed E-state index contributed by atoms with van der Waals surface area (Å²) in [4.78, 5) is 36.9. The van der Waals surface area contributed by atoms with Crippen LogP contribution in [0.4, 0.5) is 19.0 Å². The number of aromatic nitrogens is 2. The maximum Gasteiger partial charge on any atom is 0.417 e. The minimum absolute atomic E-state index is 0.194. The second kappa shape index (κ2) is 10.5. The van der Waals surface area contributed by atoms with Crippen LogP contribution >= 0.6 is 0 Å². The van der Waals surface area contributed by atoms with Gasteiger partial charge in [0.1, 0.15) is 11.5 Å². The van der Waals surface area contributed by atoms with Gasteiger partial charge in [-0.15, -0.1) is 0 Å². The Balaban J connectivity index is 1.30. The number of carbonyl (C=O) groups is 2. The first kappa shape index (κ1) is 24.2. The Hall–Kier alpha value is -3.95. The number of benzene rings is 2. The van der Waals surface area contributed by atoms with Gasteiger partial charge in [0.25, 0.3) is 11.8 Å². The van der Waals surface area contributed by atoms with Crippen molar-refractivity contribution in [3.63, 3.8) is 0 Å². The predicted octanol–water partition coefficient (Wildman–Crippen LogP) is 3.43. The quantitative estimate of drug-likeness (QED) is 0.581. The van der Waals surface area contributed by atoms with Gasteiger partial charge in [-0.25, -0.2) is 9.97 Å². The standard InChI is InChI=1S/C25H24F3N5O2/c26-25(27,28)20-9-5-4-8-19(20)24(35)33-14-12-32(13-15-33)22-17-30-21(16-31-22)23(34)29-11-10-18-6-2-1-3-7-18/h1-9,16-17H,10-15H2,(H,29,34). The number of amides is 2. The zero-order valence-electron chi connectivity index (χ0n) is 18.8. The van der Waals surface area contributed by atoms with E-state index < -0.39 is 17.6 Å². The van der Waals surface area contributed by atoms with Gasteiger partial charge in [-0.05, 0) is 24.1 Å². The molecule has 10 heteroatoms. The van der Waals surface area contributed by atoms with Gasteiger partial charge in [0.05, 0.1) is 23.5 Å². The molecule has 35 heavy (non-hydrogen) atoms. The third-order valence-corrected chi connectivity index (χ3v) is 5.77. The molecule has 7 nitrogen and oxygen atoms in total. The molecule has 0 unspecified atom stereocenters. The summed E-state index contributed by atoms with van der Waals surface area (Å²) in [5.74, 6) is -0.432. The molecule has 0 radical (unpaired) electrons. The smallest absolute Gasteiger partial charge is 0.352 e. The van der Waals surface area contributed by atoms with E-state index in [2.05, 4.69) is 15.3 Å². The van der Waals surface area contributed by atoms with E-state index in [1.54, 1.807) is 0 Å². The highest BCUT2D eigenvalue weighted by atomic mass is 19.4. The van der Waals surface area contributed by atoms with Crippen LogP contribution in [-0.4, -0.2) is 59.4 Å². The summed E-state index contributed by atoms with van der Waals surface area (Å²) in [5.41, 5.74) is 0.0277. The van der Waals surface area contributed by atoms with Crippen LogP contribution in [0, 0.1) is 0 Å². The molecule has 1 aliphatic rings. The van der Waals surface area contributed by atoms with E-state index in [0.717, 1.165) is 11.6 Å². The number of alkyl halides is 3. The molecule has 1 N–H and O–H groups in total. The molecule has 2 aromatic carbocycles. The summed E-state index contributed by atoms with van der Waals surface area (Å²) in [7, 11) is 0. The maximum absolute atomic E-state index is 13.3. The van der Waals surface area contributed by atoms with Crippen molar-refractivity contribution in [2.24, 2.45) is 0 Å². The van der Waals surface area contributed by atoms with Crippen LogP contribution in [0.3, 0.4) is 0 Å². The molecule has 0 atom stereocenters. The predicted molar refractivity (Wildman–Crippen MR) is 124 cm³/mol. The van der Waals surface area contributed by atoms with Crippen molar-refractivity contribution in [3.05, 3.63) is 89.4 Å². The number of nitrogens with one attached hydrogen (secondary N) is 1. The molecule has 2 amide bonds. The van der Waals surface area contributed by atoms with Gasteiger partial charge in [-0.1, -0.05) is 42.5 Å². The third-order valence-electron chi connectivity index (χ3n) is 5.77. The van der Waals surface area contributed by atoms with Gasteiger partial charge in [-0.2, -0.15) is 13.2 Å². The third kappa shape index (κ3) is 5.95. The van der Waals surface area contributed by atoms with Gasteiger partial charge in [-0.3, -0.25) is 9.59 Å². The first-order valence-corrected chi connectivity index (χ1v) is 11.2. The molecule has 0 aliphatic carbocycles. The molecular formula is C25H24F3N5O2. The molecule has 2 heterocycles. The van der Waals surface area contributed by atoms with Crippen LogP contribution in [0.5, 0.6) is 0 Å². The summed E-state index contributed by atoms with van der Waals surface area (Å²) in [5, 5.41) is 2.82. The van der Waals surface area contributed by atoms with Crippen LogP contribution in [-0.2, 0) is 12.6 Å². The minimum Gasteiger partial charge on any atom is -0.352 e. The first-order valence-electron chi connectivity index (χ1n) is 11.2. The molecule has 1 aliphatic heterocycles. The summed E-state index contributed by atoms with van der Waals surface area (Å²) in [6, 6.07) is 14.6. The number of carbonyl (C=O) groups excluding carboxylic acids is 2. The second-order valence-corrected chi connectivity index (χ2v) is 8.07. The second-order valence-electron chi connectivity index (χ2n) is 8.07. The molecule has 0 bridgehead atoms. The molecule has 0 saturated carbocycles. The van der Waals surface area contributed by atoms with Crippen molar-refractivity contribution < 1.29 is 22.8 Å². The number of hydrogen-bond acceptors (Lipinski definition) is 5. The lowest BCUT2D eigenvalue weighted by Gasteiger charge is -2.35. The fourth-order valence-electron chi connectivity index (χ4n) is 3.88. The molecule has 1 fully saturated rings. The Morgan fingerprint density at radius 2 is 1.57 bits per heavy atom. The zero-order chi connectivity index (χ0) is 24.8. The minimum atomic E-state index is -4.60. The first-order chi connectivity index (χ1) is 16.8. The molecule has 4 rings (SSSR count). The van der Waals surface area contributed by atoms with Crippen molar-refractivity contribution in [1.82, 2.24) is 20.2 Å². The number of rotatable bonds is 6. The lowest BCUT2D eigenvalue weighted by Crippen LogP contribution is -2.49. The maximum atomic E-state index is 13.3. The molecule has 3 aromatic rings. The van der Waals surface area contributed by atoms with Gasteiger partial charge in [0, 0.05) is 32.7 Å². The summed E-state index contributed by atoms with van der Waals surface area (Å²) in [6.07, 6.45) is -1.01. The lowest BCUT2D eigenvalue weighted by molar-refractivity contribution is -0.138. The van der Waals surface area contributed by atoms with E-state index in [9.17, 15) is 22.8 Å². The van der Waals surface area contributed by atoms with E-state index in [-0.39, 0.29) is 30.3 Å². The normalized spacial score (nSPS) is 14.0. The molecule has 0 spiro atoms. The Bertz CT molecular complexity index is 1160. The van der Waals surface area contributed by atoms with Crippen molar-refractivity contribution in [3.8, 4) is 0 Å². The van der Waals surface area contributed by atoms with Crippen LogP contribution in [0.25, 0.3) is 0 Å². The number of nitrogens with zero attached hydrogens (tertiary/aromatic N) is 4. The van der Waals surface area contributed by atoms with Crippen molar-refractivity contribution in [1.29, 1.82) is 0 Å². The Morgan fingerprint density at radius 3 is 2.23 bits per heavy atom. The van der Waals surface area contributed by atoms with E-state index in [0.29, 0.717) is 31.9 Å². The fraction of sp³-hybridized carbons (Fsp3) is 0.280. The molecule has 1 saturated heterocycles. The zero-order valence-corrected chi connectivity index (χ0v) is 18.8. The number of halogens is 3. The van der Waals surface area contributed by atoms with E-state index in [1.807, 2.05) is 35.2 Å². The van der Waals surface area contributed by atoms with Crippen LogP contribution in [0.2, 0.25) is 0 Å². The Morgan fingerprint density at radius 1 is 0.886 bits per heavy atom. The fourth-order valence-corrected chi connectivity index (χ4v) is 3.88. The van der Waals surface area contributed by atoms with Crippen LogP contribution in [0.1, 0.15) is 32.0 Å². The average Bonchev–Trinajstić information content (AvgIpc) is 2.88. The molecule has 1 aromatic heterocycles. The van der Waals surface area contributed by atoms with E-state index >= 15 is 0 Å². The largest absolute Gasteiger partial charge is 0.417 e. The molecule has 182 valence electrons. The summed E-state index contributed by atoms with van der Waals surface area (Å²) >= 11 is 0. The highest BCUT2D eigenvalue weighted by Crippen LogP contribution is 2.32. The SMILES string of the molecule is O=C(NCCc1ccccc1)c1cnc(N2CCN(C(=O)c3ccccc3C(F)(F)F)CC2)cn1. The average molecular weight is 483 g/mol. The van der Waals surface area contributed by atoms with Crippen molar-refractivity contribution in [2.75, 3.05) is 37.6 Å². The van der Waals surface area contributed by atoms with Crippen LogP contribution in [0.15, 0.2) is 67.0 Å². The highest BCUT2D eigenvalue weighted by Gasteiger charge is 2.36. The van der Waals surface area contributed by atoms with Crippen LogP contribution < -0.4 is 10.2 Å².